The molecule has 0 saturated heterocycles. The molecular formula is C24H32O5. The number of ether oxygens (including phenoxy) is 1. The standard InChI is InChI=1S/C24H32O5/c1-5-21(28)29-24(14(2)25)11-9-18-16-7-6-15-12-19(26)20(27)13-22(15,3)17(16)8-10-23(18,24)4/h12-13,16-18,27H,5-11H2,1-4H3/t16-,17+,18+,22+,23+,24+/m1/s1. The summed E-state index contributed by atoms with van der Waals surface area (Å²) >= 11 is 0. The third-order valence-corrected chi connectivity index (χ3v) is 8.91. The van der Waals surface area contributed by atoms with Gasteiger partial charge in [-0.15, -0.1) is 0 Å². The molecule has 0 radical (unpaired) electrons. The van der Waals surface area contributed by atoms with Gasteiger partial charge in [0.15, 0.2) is 17.1 Å². The molecule has 0 unspecified atom stereocenters. The first-order chi connectivity index (χ1) is 13.6. The molecule has 4 aliphatic rings. The minimum absolute atomic E-state index is 0.0360. The lowest BCUT2D eigenvalue weighted by atomic mass is 9.47. The molecule has 0 aromatic rings. The third-order valence-electron chi connectivity index (χ3n) is 8.91. The van der Waals surface area contributed by atoms with Crippen LogP contribution in [0.25, 0.3) is 0 Å². The highest BCUT2D eigenvalue weighted by molar-refractivity contribution is 6.04. The van der Waals surface area contributed by atoms with E-state index in [1.165, 1.54) is 0 Å². The van der Waals surface area contributed by atoms with E-state index in [2.05, 4.69) is 13.8 Å². The normalized spacial score (nSPS) is 43.4. The first kappa shape index (κ1) is 20.4. The molecule has 158 valence electrons. The molecule has 0 bridgehead atoms. The zero-order valence-electron chi connectivity index (χ0n) is 17.9. The number of allylic oxidation sites excluding steroid dienone is 3. The number of ketones is 2. The van der Waals surface area contributed by atoms with Crippen molar-refractivity contribution in [3.05, 3.63) is 23.5 Å². The van der Waals surface area contributed by atoms with E-state index in [1.807, 2.05) is 0 Å². The molecule has 4 rings (SSSR count). The quantitative estimate of drug-likeness (QED) is 0.708. The fraction of sp³-hybridized carbons (Fsp3) is 0.708. The van der Waals surface area contributed by atoms with Gasteiger partial charge < -0.3 is 9.84 Å². The van der Waals surface area contributed by atoms with Crippen LogP contribution in [0, 0.1) is 28.6 Å². The number of carbonyl (C=O) groups is 3. The van der Waals surface area contributed by atoms with Crippen molar-refractivity contribution in [3.8, 4) is 0 Å². The van der Waals surface area contributed by atoms with E-state index in [1.54, 1.807) is 26.0 Å². The summed E-state index contributed by atoms with van der Waals surface area (Å²) in [6.45, 7) is 7.63. The maximum atomic E-state index is 12.8. The van der Waals surface area contributed by atoms with Crippen molar-refractivity contribution >= 4 is 17.5 Å². The number of hydrogen-bond donors (Lipinski definition) is 1. The van der Waals surface area contributed by atoms with Crippen LogP contribution >= 0.6 is 0 Å². The number of carbonyl (C=O) groups excluding carboxylic acids is 3. The van der Waals surface area contributed by atoms with E-state index in [0.29, 0.717) is 24.2 Å². The van der Waals surface area contributed by atoms with Gasteiger partial charge in [0.1, 0.15) is 0 Å². The van der Waals surface area contributed by atoms with Gasteiger partial charge >= 0.3 is 5.97 Å². The predicted octanol–water partition coefficient (Wildman–Crippen LogP) is 4.46. The molecule has 29 heavy (non-hydrogen) atoms. The predicted molar refractivity (Wildman–Crippen MR) is 108 cm³/mol. The number of rotatable bonds is 3. The van der Waals surface area contributed by atoms with Crippen molar-refractivity contribution in [1.82, 2.24) is 0 Å². The van der Waals surface area contributed by atoms with Gasteiger partial charge in [0.05, 0.1) is 0 Å². The summed E-state index contributed by atoms with van der Waals surface area (Å²) in [7, 11) is 0. The van der Waals surface area contributed by atoms with Crippen LogP contribution in [0.2, 0.25) is 0 Å². The smallest absolute Gasteiger partial charge is 0.306 e. The van der Waals surface area contributed by atoms with Crippen molar-refractivity contribution < 1.29 is 24.2 Å². The Kier molecular flexibility index (Phi) is 4.60. The lowest BCUT2D eigenvalue weighted by Crippen LogP contribution is -2.58. The summed E-state index contributed by atoms with van der Waals surface area (Å²) in [4.78, 5) is 37.1. The van der Waals surface area contributed by atoms with E-state index in [0.717, 1.165) is 37.7 Å². The maximum absolute atomic E-state index is 12.8. The summed E-state index contributed by atoms with van der Waals surface area (Å²) in [5.74, 6) is 0.220. The van der Waals surface area contributed by atoms with Crippen LogP contribution in [0.5, 0.6) is 0 Å². The van der Waals surface area contributed by atoms with Crippen LogP contribution < -0.4 is 0 Å². The molecule has 0 aromatic heterocycles. The molecule has 3 saturated carbocycles. The van der Waals surface area contributed by atoms with Gasteiger partial charge in [-0.1, -0.05) is 26.3 Å². The van der Waals surface area contributed by atoms with Crippen molar-refractivity contribution in [1.29, 1.82) is 0 Å². The molecule has 0 spiro atoms. The highest BCUT2D eigenvalue weighted by Gasteiger charge is 2.67. The minimum atomic E-state index is -1.02. The zero-order chi connectivity index (χ0) is 21.2. The van der Waals surface area contributed by atoms with E-state index in [4.69, 9.17) is 4.74 Å². The Morgan fingerprint density at radius 2 is 1.86 bits per heavy atom. The number of fused-ring (bicyclic) bond motifs is 5. The fourth-order valence-corrected chi connectivity index (χ4v) is 7.36. The second kappa shape index (κ2) is 6.55. The van der Waals surface area contributed by atoms with Gasteiger partial charge in [-0.05, 0) is 75.4 Å². The average Bonchev–Trinajstić information content (AvgIpc) is 2.96. The molecule has 5 heteroatoms. The highest BCUT2D eigenvalue weighted by Crippen LogP contribution is 2.68. The summed E-state index contributed by atoms with van der Waals surface area (Å²) in [6.07, 6.45) is 8.65. The Morgan fingerprint density at radius 1 is 1.17 bits per heavy atom. The van der Waals surface area contributed by atoms with Crippen molar-refractivity contribution in [2.24, 2.45) is 28.6 Å². The van der Waals surface area contributed by atoms with Crippen molar-refractivity contribution in [2.45, 2.75) is 78.2 Å². The molecule has 0 amide bonds. The lowest BCUT2D eigenvalue weighted by Gasteiger charge is -2.58. The maximum Gasteiger partial charge on any atom is 0.306 e. The third kappa shape index (κ3) is 2.62. The molecule has 0 aliphatic heterocycles. The molecular weight excluding hydrogens is 368 g/mol. The van der Waals surface area contributed by atoms with Crippen LogP contribution in [0.3, 0.4) is 0 Å². The molecule has 1 N–H and O–H groups in total. The molecule has 0 aromatic carbocycles. The van der Waals surface area contributed by atoms with E-state index >= 15 is 0 Å². The molecule has 3 fully saturated rings. The summed E-state index contributed by atoms with van der Waals surface area (Å²) in [6, 6.07) is 0. The van der Waals surface area contributed by atoms with Gasteiger partial charge in [-0.25, -0.2) is 0 Å². The second-order valence-corrected chi connectivity index (χ2v) is 9.97. The molecule has 6 atom stereocenters. The number of aliphatic hydroxyl groups excluding tert-OH is 1. The van der Waals surface area contributed by atoms with Gasteiger partial charge in [0.25, 0.3) is 0 Å². The van der Waals surface area contributed by atoms with Crippen LogP contribution in [0.1, 0.15) is 72.6 Å². The number of esters is 1. The Morgan fingerprint density at radius 3 is 2.52 bits per heavy atom. The van der Waals surface area contributed by atoms with E-state index in [9.17, 15) is 19.5 Å². The zero-order valence-corrected chi connectivity index (χ0v) is 17.9. The number of hydrogen-bond acceptors (Lipinski definition) is 5. The van der Waals surface area contributed by atoms with Crippen molar-refractivity contribution in [2.75, 3.05) is 0 Å². The first-order valence-electron chi connectivity index (χ1n) is 11.0. The Balaban J connectivity index is 1.71. The monoisotopic (exact) mass is 400 g/mol. The summed E-state index contributed by atoms with van der Waals surface area (Å²) < 4.78 is 5.93. The topological polar surface area (TPSA) is 80.7 Å². The number of aliphatic hydroxyl groups is 1. The van der Waals surface area contributed by atoms with Gasteiger partial charge in [-0.3, -0.25) is 14.4 Å². The van der Waals surface area contributed by atoms with Gasteiger partial charge in [-0.2, -0.15) is 0 Å². The Labute approximate surface area is 172 Å². The fourth-order valence-electron chi connectivity index (χ4n) is 7.36. The van der Waals surface area contributed by atoms with Crippen LogP contribution in [-0.4, -0.2) is 28.2 Å². The van der Waals surface area contributed by atoms with E-state index in [-0.39, 0.29) is 40.5 Å². The summed E-state index contributed by atoms with van der Waals surface area (Å²) in [5.41, 5.74) is -0.575. The SMILES string of the molecule is CCC(=O)O[C@]1(C(C)=O)CC[C@H]2[C@@H]3CCC4=CC(=O)C(O)=C[C@]4(C)[C@H]3CC[C@@]21C. The highest BCUT2D eigenvalue weighted by atomic mass is 16.6. The van der Waals surface area contributed by atoms with Crippen molar-refractivity contribution in [3.63, 3.8) is 0 Å². The average molecular weight is 401 g/mol. The first-order valence-corrected chi connectivity index (χ1v) is 11.0. The Bertz CT molecular complexity index is 838. The second-order valence-electron chi connectivity index (χ2n) is 9.97. The molecule has 5 nitrogen and oxygen atoms in total. The molecule has 0 heterocycles. The van der Waals surface area contributed by atoms with Crippen LogP contribution in [-0.2, 0) is 19.1 Å². The van der Waals surface area contributed by atoms with Gasteiger partial charge in [0.2, 0.25) is 5.78 Å². The largest absolute Gasteiger partial charge is 0.504 e. The van der Waals surface area contributed by atoms with E-state index < -0.39 is 5.60 Å². The van der Waals surface area contributed by atoms with Crippen LogP contribution in [0.15, 0.2) is 23.5 Å². The lowest BCUT2D eigenvalue weighted by molar-refractivity contribution is -0.188. The molecule has 4 aliphatic carbocycles. The summed E-state index contributed by atoms with van der Waals surface area (Å²) in [5, 5.41) is 10.2. The number of Topliss-reactive ketones (excluding diaryl/α,β-unsaturated/α-hetero) is 1. The van der Waals surface area contributed by atoms with Gasteiger partial charge in [0, 0.05) is 17.3 Å². The van der Waals surface area contributed by atoms with Crippen LogP contribution in [0.4, 0.5) is 0 Å². The minimum Gasteiger partial charge on any atom is -0.504 e. The Hall–Kier alpha value is -1.91.